The zero-order valence-electron chi connectivity index (χ0n) is 34.7. The van der Waals surface area contributed by atoms with E-state index in [0.29, 0.717) is 12.8 Å². The Morgan fingerprint density at radius 2 is 1.02 bits per heavy atom. The van der Waals surface area contributed by atoms with Crippen LogP contribution in [-0.4, -0.2) is 49.3 Å². The minimum absolute atomic E-state index is 0.0270. The zero-order valence-corrected chi connectivity index (χ0v) is 35.6. The lowest BCUT2D eigenvalue weighted by molar-refractivity contribution is -0.157. The number of ether oxygens (including phenoxy) is 2. The van der Waals surface area contributed by atoms with Crippen molar-refractivity contribution in [1.82, 2.24) is 0 Å². The largest absolute Gasteiger partial charge is 0.472 e. The molecule has 314 valence electrons. The van der Waals surface area contributed by atoms with Crippen molar-refractivity contribution in [1.29, 1.82) is 0 Å². The molecule has 0 saturated carbocycles. The van der Waals surface area contributed by atoms with E-state index in [0.717, 1.165) is 25.7 Å². The molecule has 0 aromatic rings. The number of carbonyl (C=O) groups excluding carboxylic acids is 2. The number of carbonyl (C=O) groups is 2. The summed E-state index contributed by atoms with van der Waals surface area (Å²) in [5.41, 5.74) is 5.32. The Balaban J connectivity index is 4.24. The Morgan fingerprint density at radius 3 is 1.46 bits per heavy atom. The number of rotatable bonds is 39. The molecule has 9 nitrogen and oxygen atoms in total. The second kappa shape index (κ2) is 40.8. The van der Waals surface area contributed by atoms with Gasteiger partial charge in [-0.15, -0.1) is 0 Å². The first-order valence-corrected chi connectivity index (χ1v) is 23.5. The van der Waals surface area contributed by atoms with E-state index in [1.165, 1.54) is 154 Å². The van der Waals surface area contributed by atoms with Gasteiger partial charge >= 0.3 is 19.8 Å². The molecule has 0 aromatic heterocycles. The van der Waals surface area contributed by atoms with E-state index in [-0.39, 0.29) is 26.2 Å². The van der Waals surface area contributed by atoms with Crippen LogP contribution in [0.25, 0.3) is 0 Å². The molecule has 0 spiro atoms. The average molecular weight is 782 g/mol. The highest BCUT2D eigenvalue weighted by Crippen LogP contribution is 2.43. The van der Waals surface area contributed by atoms with Crippen molar-refractivity contribution in [2.24, 2.45) is 5.73 Å². The van der Waals surface area contributed by atoms with E-state index in [1.54, 1.807) is 0 Å². The van der Waals surface area contributed by atoms with Gasteiger partial charge in [0.05, 0.1) is 13.2 Å². The molecule has 0 aliphatic carbocycles. The summed E-state index contributed by atoms with van der Waals surface area (Å²) in [4.78, 5) is 34.5. The third-order valence-electron chi connectivity index (χ3n) is 9.46. The Bertz CT molecular complexity index is 1050. The lowest BCUT2D eigenvalue weighted by atomic mass is 10.0. The highest BCUT2D eigenvalue weighted by atomic mass is 31.2. The van der Waals surface area contributed by atoms with Crippen molar-refractivity contribution < 1.29 is 37.6 Å². The molecule has 0 rings (SSSR count). The molecule has 0 radical (unpaired) electrons. The molecule has 0 amide bonds. The number of hydrogen-bond acceptors (Lipinski definition) is 8. The standard InChI is InChI=1S/C44H80NO8P/c1-3-5-7-9-11-13-15-17-18-19-20-21-22-23-25-27-29-31-33-35-37-44(47)53-42(41-52-54(48,49)51-39-38-45)40-50-43(46)36-34-32-30-28-26-24-16-14-12-10-8-6-4-2/h42H,3-30,32,34,36,38-41,45H2,1-2H3,(H,48,49)/t42-/m1/s1. The normalized spacial score (nSPS) is 12.6. The number of unbranched alkanes of at least 4 members (excludes halogenated alkanes) is 28. The first-order valence-electron chi connectivity index (χ1n) is 22.0. The van der Waals surface area contributed by atoms with E-state index < -0.39 is 32.5 Å². The van der Waals surface area contributed by atoms with Crippen molar-refractivity contribution in [3.8, 4) is 23.7 Å². The van der Waals surface area contributed by atoms with Crippen LogP contribution >= 0.6 is 7.82 Å². The summed E-state index contributed by atoms with van der Waals surface area (Å²) in [5.74, 6) is 9.14. The third-order valence-corrected chi connectivity index (χ3v) is 10.4. The fourth-order valence-electron chi connectivity index (χ4n) is 6.18. The number of esters is 2. The number of hydrogen-bond donors (Lipinski definition) is 2. The molecule has 10 heteroatoms. The number of nitrogens with two attached hydrogens (primary N) is 1. The maximum atomic E-state index is 12.4. The van der Waals surface area contributed by atoms with Crippen LogP contribution in [-0.2, 0) is 32.7 Å². The zero-order chi connectivity index (χ0) is 39.6. The van der Waals surface area contributed by atoms with Crippen LogP contribution in [0, 0.1) is 23.7 Å². The van der Waals surface area contributed by atoms with Gasteiger partial charge < -0.3 is 20.1 Å². The van der Waals surface area contributed by atoms with Crippen LogP contribution in [0.2, 0.25) is 0 Å². The first-order chi connectivity index (χ1) is 26.3. The molecule has 1 unspecified atom stereocenters. The monoisotopic (exact) mass is 782 g/mol. The van der Waals surface area contributed by atoms with Crippen LogP contribution in [0.1, 0.15) is 213 Å². The minimum Gasteiger partial charge on any atom is -0.462 e. The summed E-state index contributed by atoms with van der Waals surface area (Å²) in [5, 5.41) is 0. The lowest BCUT2D eigenvalue weighted by Crippen LogP contribution is -2.29. The highest BCUT2D eigenvalue weighted by Gasteiger charge is 2.25. The summed E-state index contributed by atoms with van der Waals surface area (Å²) >= 11 is 0. The fourth-order valence-corrected chi connectivity index (χ4v) is 6.94. The van der Waals surface area contributed by atoms with Gasteiger partial charge in [-0.3, -0.25) is 13.8 Å². The van der Waals surface area contributed by atoms with Gasteiger partial charge in [0.2, 0.25) is 0 Å². The molecule has 0 saturated heterocycles. The van der Waals surface area contributed by atoms with Crippen LogP contribution in [0.3, 0.4) is 0 Å². The summed E-state index contributed by atoms with van der Waals surface area (Å²) in [6, 6.07) is 0. The maximum Gasteiger partial charge on any atom is 0.472 e. The molecule has 0 aliphatic rings. The number of phosphoric acid groups is 1. The van der Waals surface area contributed by atoms with Crippen molar-refractivity contribution >= 4 is 19.8 Å². The van der Waals surface area contributed by atoms with Gasteiger partial charge in [0.1, 0.15) is 6.61 Å². The molecule has 54 heavy (non-hydrogen) atoms. The topological polar surface area (TPSA) is 134 Å². The van der Waals surface area contributed by atoms with Crippen LogP contribution in [0.4, 0.5) is 0 Å². The van der Waals surface area contributed by atoms with Crippen LogP contribution in [0.5, 0.6) is 0 Å². The lowest BCUT2D eigenvalue weighted by Gasteiger charge is -2.18. The third kappa shape index (κ3) is 39.8. The Labute approximate surface area is 331 Å². The van der Waals surface area contributed by atoms with E-state index in [9.17, 15) is 19.0 Å². The van der Waals surface area contributed by atoms with E-state index in [1.807, 2.05) is 0 Å². The van der Waals surface area contributed by atoms with E-state index >= 15 is 0 Å². The van der Waals surface area contributed by atoms with E-state index in [2.05, 4.69) is 37.5 Å². The molecule has 3 N–H and O–H groups in total. The second-order valence-corrected chi connectivity index (χ2v) is 16.1. The molecule has 0 fully saturated rings. The Morgan fingerprint density at radius 1 is 0.593 bits per heavy atom. The average Bonchev–Trinajstić information content (AvgIpc) is 3.16. The molecular weight excluding hydrogens is 701 g/mol. The maximum absolute atomic E-state index is 12.4. The van der Waals surface area contributed by atoms with E-state index in [4.69, 9.17) is 24.3 Å². The molecular formula is C44H80NO8P. The van der Waals surface area contributed by atoms with Gasteiger partial charge in [0.15, 0.2) is 6.10 Å². The molecule has 2 atom stereocenters. The summed E-state index contributed by atoms with van der Waals surface area (Å²) in [7, 11) is -4.43. The highest BCUT2D eigenvalue weighted by molar-refractivity contribution is 7.47. The van der Waals surface area contributed by atoms with Gasteiger partial charge in [0, 0.05) is 25.3 Å². The molecule has 0 bridgehead atoms. The molecule has 0 aliphatic heterocycles. The summed E-state index contributed by atoms with van der Waals surface area (Å²) in [6.07, 6.45) is 36.6. The van der Waals surface area contributed by atoms with Crippen molar-refractivity contribution in [2.75, 3.05) is 26.4 Å². The first kappa shape index (κ1) is 52.1. The SMILES string of the molecule is CCCCCCCCCCCCCCCCCCC#CC#CC(=O)O[C@H](COC(=O)CCCCCCCCCCCCCCC)COP(=O)(O)OCCN. The van der Waals surface area contributed by atoms with Gasteiger partial charge in [-0.1, -0.05) is 193 Å². The van der Waals surface area contributed by atoms with Gasteiger partial charge in [0.25, 0.3) is 0 Å². The smallest absolute Gasteiger partial charge is 0.462 e. The predicted octanol–water partition coefficient (Wildman–Crippen LogP) is 11.7. The van der Waals surface area contributed by atoms with Crippen molar-refractivity contribution in [3.63, 3.8) is 0 Å². The molecule has 0 heterocycles. The Hall–Kier alpha value is -1.87. The number of phosphoric ester groups is 1. The van der Waals surface area contributed by atoms with Crippen molar-refractivity contribution in [3.05, 3.63) is 0 Å². The van der Waals surface area contributed by atoms with Gasteiger partial charge in [-0.25, -0.2) is 9.36 Å². The predicted molar refractivity (Wildman–Crippen MR) is 222 cm³/mol. The minimum atomic E-state index is -4.43. The van der Waals surface area contributed by atoms with Crippen LogP contribution < -0.4 is 5.73 Å². The molecule has 0 aromatic carbocycles. The van der Waals surface area contributed by atoms with Crippen LogP contribution in [0.15, 0.2) is 0 Å². The second-order valence-electron chi connectivity index (χ2n) is 14.7. The Kier molecular flexibility index (Phi) is 39.4. The fraction of sp³-hybridized carbons (Fsp3) is 0.864. The summed E-state index contributed by atoms with van der Waals surface area (Å²) in [6.45, 7) is 3.49. The van der Waals surface area contributed by atoms with Crippen molar-refractivity contribution in [2.45, 2.75) is 219 Å². The van der Waals surface area contributed by atoms with Gasteiger partial charge in [-0.05, 0) is 24.7 Å². The van der Waals surface area contributed by atoms with Gasteiger partial charge in [-0.2, -0.15) is 0 Å². The summed E-state index contributed by atoms with van der Waals surface area (Å²) < 4.78 is 32.3. The quantitative estimate of drug-likeness (QED) is 0.0205.